The van der Waals surface area contributed by atoms with Crippen LogP contribution in [0.15, 0.2) is 29.2 Å². The lowest BCUT2D eigenvalue weighted by molar-refractivity contribution is -0.125. The van der Waals surface area contributed by atoms with Crippen LogP contribution in [0.5, 0.6) is 5.75 Å². The zero-order valence-electron chi connectivity index (χ0n) is 9.19. The predicted molar refractivity (Wildman–Crippen MR) is 62.4 cm³/mol. The van der Waals surface area contributed by atoms with Gasteiger partial charge in [-0.3, -0.25) is 4.79 Å². The van der Waals surface area contributed by atoms with Crippen molar-refractivity contribution < 1.29 is 9.53 Å². The number of hydrogen-bond donors (Lipinski definition) is 0. The lowest BCUT2D eigenvalue weighted by Gasteiger charge is -2.09. The van der Waals surface area contributed by atoms with Crippen LogP contribution in [0.25, 0.3) is 0 Å². The van der Waals surface area contributed by atoms with Crippen LogP contribution >= 0.6 is 11.8 Å². The number of thioether (sulfide) groups is 1. The second-order valence-corrected chi connectivity index (χ2v) is 4.30. The summed E-state index contributed by atoms with van der Waals surface area (Å²) in [5.74, 6) is 1.42. The third kappa shape index (κ3) is 3.83. The van der Waals surface area contributed by atoms with Gasteiger partial charge in [0.05, 0.1) is 12.9 Å². The van der Waals surface area contributed by atoms with E-state index in [0.717, 1.165) is 10.6 Å². The SMILES string of the molecule is COc1ccc(SCC(=O)N(C)C)cc1. The number of nitrogens with zero attached hydrogens (tertiary/aromatic N) is 1. The standard InChI is InChI=1S/C11H15NO2S/c1-12(2)11(13)8-15-10-6-4-9(14-3)5-7-10/h4-7H,8H2,1-3H3. The summed E-state index contributed by atoms with van der Waals surface area (Å²) >= 11 is 1.53. The Hall–Kier alpha value is -1.16. The van der Waals surface area contributed by atoms with Gasteiger partial charge in [-0.2, -0.15) is 0 Å². The van der Waals surface area contributed by atoms with Gasteiger partial charge in [-0.05, 0) is 24.3 Å². The Morgan fingerprint density at radius 2 is 1.93 bits per heavy atom. The molecule has 0 fully saturated rings. The van der Waals surface area contributed by atoms with Crippen molar-refractivity contribution >= 4 is 17.7 Å². The number of benzene rings is 1. The van der Waals surface area contributed by atoms with Gasteiger partial charge >= 0.3 is 0 Å². The summed E-state index contributed by atoms with van der Waals surface area (Å²) in [6, 6.07) is 7.68. The molecule has 15 heavy (non-hydrogen) atoms. The molecule has 1 amide bonds. The van der Waals surface area contributed by atoms with E-state index in [-0.39, 0.29) is 5.91 Å². The molecule has 3 nitrogen and oxygen atoms in total. The van der Waals surface area contributed by atoms with Crippen molar-refractivity contribution in [1.29, 1.82) is 0 Å². The summed E-state index contributed by atoms with van der Waals surface area (Å²) in [5.41, 5.74) is 0. The topological polar surface area (TPSA) is 29.5 Å². The zero-order valence-corrected chi connectivity index (χ0v) is 10.0. The van der Waals surface area contributed by atoms with Gasteiger partial charge in [0.25, 0.3) is 0 Å². The van der Waals surface area contributed by atoms with Crippen LogP contribution in [0.1, 0.15) is 0 Å². The van der Waals surface area contributed by atoms with E-state index in [1.165, 1.54) is 11.8 Å². The Morgan fingerprint density at radius 3 is 2.40 bits per heavy atom. The van der Waals surface area contributed by atoms with Crippen molar-refractivity contribution in [2.45, 2.75) is 4.90 Å². The summed E-state index contributed by atoms with van der Waals surface area (Å²) in [5, 5.41) is 0. The van der Waals surface area contributed by atoms with Crippen molar-refractivity contribution in [3.8, 4) is 5.75 Å². The third-order valence-electron chi connectivity index (χ3n) is 1.92. The number of carbonyl (C=O) groups is 1. The molecule has 0 bridgehead atoms. The van der Waals surface area contributed by atoms with Crippen LogP contribution < -0.4 is 4.74 Å². The lowest BCUT2D eigenvalue weighted by atomic mass is 10.3. The van der Waals surface area contributed by atoms with Gasteiger partial charge in [0.1, 0.15) is 5.75 Å². The molecule has 0 aliphatic carbocycles. The van der Waals surface area contributed by atoms with Gasteiger partial charge in [-0.1, -0.05) is 0 Å². The van der Waals surface area contributed by atoms with Crippen LogP contribution in [-0.2, 0) is 4.79 Å². The molecule has 1 rings (SSSR count). The number of hydrogen-bond acceptors (Lipinski definition) is 3. The number of carbonyl (C=O) groups excluding carboxylic acids is 1. The van der Waals surface area contributed by atoms with E-state index in [4.69, 9.17) is 4.74 Å². The second kappa shape index (κ2) is 5.66. The minimum Gasteiger partial charge on any atom is -0.497 e. The highest BCUT2D eigenvalue weighted by atomic mass is 32.2. The van der Waals surface area contributed by atoms with Gasteiger partial charge in [0.15, 0.2) is 0 Å². The normalized spacial score (nSPS) is 9.80. The first-order valence-corrected chi connectivity index (χ1v) is 5.59. The van der Waals surface area contributed by atoms with E-state index in [0.29, 0.717) is 5.75 Å². The van der Waals surface area contributed by atoms with Gasteiger partial charge in [0.2, 0.25) is 5.91 Å². The van der Waals surface area contributed by atoms with Crippen LogP contribution in [0.4, 0.5) is 0 Å². The summed E-state index contributed by atoms with van der Waals surface area (Å²) < 4.78 is 5.05. The molecule has 0 aliphatic rings. The Kier molecular flexibility index (Phi) is 4.49. The maximum Gasteiger partial charge on any atom is 0.232 e. The van der Waals surface area contributed by atoms with E-state index in [9.17, 15) is 4.79 Å². The fourth-order valence-corrected chi connectivity index (χ4v) is 1.82. The maximum absolute atomic E-state index is 11.3. The monoisotopic (exact) mass is 225 g/mol. The Morgan fingerprint density at radius 1 is 1.33 bits per heavy atom. The average Bonchev–Trinajstić information content (AvgIpc) is 2.26. The molecular weight excluding hydrogens is 210 g/mol. The molecule has 0 saturated heterocycles. The van der Waals surface area contributed by atoms with Gasteiger partial charge in [-0.25, -0.2) is 0 Å². The maximum atomic E-state index is 11.3. The number of ether oxygens (including phenoxy) is 1. The van der Waals surface area contributed by atoms with Crippen molar-refractivity contribution in [3.05, 3.63) is 24.3 Å². The zero-order chi connectivity index (χ0) is 11.3. The van der Waals surface area contributed by atoms with Crippen LogP contribution in [0.3, 0.4) is 0 Å². The number of amides is 1. The van der Waals surface area contributed by atoms with Crippen molar-refractivity contribution in [1.82, 2.24) is 4.90 Å². The Bertz CT molecular complexity index is 322. The summed E-state index contributed by atoms with van der Waals surface area (Å²) in [6.45, 7) is 0. The summed E-state index contributed by atoms with van der Waals surface area (Å²) in [7, 11) is 5.16. The molecule has 0 unspecified atom stereocenters. The van der Waals surface area contributed by atoms with Gasteiger partial charge < -0.3 is 9.64 Å². The molecule has 0 radical (unpaired) electrons. The predicted octanol–water partition coefficient (Wildman–Crippen LogP) is 1.88. The van der Waals surface area contributed by atoms with E-state index in [2.05, 4.69) is 0 Å². The van der Waals surface area contributed by atoms with E-state index in [1.807, 2.05) is 24.3 Å². The highest BCUT2D eigenvalue weighted by Crippen LogP contribution is 2.21. The van der Waals surface area contributed by atoms with Crippen LogP contribution in [0.2, 0.25) is 0 Å². The number of methoxy groups -OCH3 is 1. The smallest absolute Gasteiger partial charge is 0.232 e. The minimum atomic E-state index is 0.121. The average molecular weight is 225 g/mol. The first-order valence-electron chi connectivity index (χ1n) is 4.60. The molecule has 0 atom stereocenters. The molecule has 4 heteroatoms. The molecule has 0 aromatic heterocycles. The highest BCUT2D eigenvalue weighted by Gasteiger charge is 2.04. The van der Waals surface area contributed by atoms with Crippen molar-refractivity contribution in [2.75, 3.05) is 27.0 Å². The molecule has 0 saturated carbocycles. The van der Waals surface area contributed by atoms with Crippen LogP contribution in [0, 0.1) is 0 Å². The largest absolute Gasteiger partial charge is 0.497 e. The molecular formula is C11H15NO2S. The lowest BCUT2D eigenvalue weighted by Crippen LogP contribution is -2.23. The van der Waals surface area contributed by atoms with Crippen molar-refractivity contribution in [2.24, 2.45) is 0 Å². The van der Waals surface area contributed by atoms with E-state index in [1.54, 1.807) is 26.1 Å². The van der Waals surface area contributed by atoms with E-state index < -0.39 is 0 Å². The molecule has 0 heterocycles. The molecule has 0 N–H and O–H groups in total. The van der Waals surface area contributed by atoms with Crippen LogP contribution in [-0.4, -0.2) is 37.8 Å². The first kappa shape index (κ1) is 11.9. The quantitative estimate of drug-likeness (QED) is 0.733. The molecule has 0 spiro atoms. The Labute approximate surface area is 94.4 Å². The minimum absolute atomic E-state index is 0.121. The fourth-order valence-electron chi connectivity index (χ4n) is 0.946. The third-order valence-corrected chi connectivity index (χ3v) is 2.92. The highest BCUT2D eigenvalue weighted by molar-refractivity contribution is 8.00. The van der Waals surface area contributed by atoms with E-state index >= 15 is 0 Å². The fraction of sp³-hybridized carbons (Fsp3) is 0.364. The second-order valence-electron chi connectivity index (χ2n) is 3.25. The molecule has 1 aromatic rings. The van der Waals surface area contributed by atoms with Crippen molar-refractivity contribution in [3.63, 3.8) is 0 Å². The molecule has 1 aromatic carbocycles. The number of rotatable bonds is 4. The molecule has 0 aliphatic heterocycles. The molecule has 82 valence electrons. The first-order chi connectivity index (χ1) is 7.13. The Balaban J connectivity index is 2.47. The summed E-state index contributed by atoms with van der Waals surface area (Å²) in [4.78, 5) is 14.0. The van der Waals surface area contributed by atoms with Gasteiger partial charge in [-0.15, -0.1) is 11.8 Å². The van der Waals surface area contributed by atoms with Gasteiger partial charge in [0, 0.05) is 19.0 Å². The summed E-state index contributed by atoms with van der Waals surface area (Å²) in [6.07, 6.45) is 0.